The number of phenolic OH excluding ortho intramolecular Hbond substituents is 2. The van der Waals surface area contributed by atoms with Gasteiger partial charge in [-0.1, -0.05) is 24.3 Å². The molecule has 46 heavy (non-hydrogen) atoms. The van der Waals surface area contributed by atoms with Gasteiger partial charge in [-0.15, -0.1) is 0 Å². The Hall–Kier alpha value is -2.28. The lowest BCUT2D eigenvalue weighted by Gasteiger charge is -2.34. The van der Waals surface area contributed by atoms with Crippen LogP contribution < -0.4 is 0 Å². The van der Waals surface area contributed by atoms with Gasteiger partial charge in [-0.05, 0) is 63.6 Å². The quantitative estimate of drug-likeness (QED) is 0.518. The predicted molar refractivity (Wildman–Crippen MR) is 190 cm³/mol. The van der Waals surface area contributed by atoms with Gasteiger partial charge < -0.3 is 29.8 Å². The van der Waals surface area contributed by atoms with Gasteiger partial charge in [0, 0.05) is 131 Å². The molecule has 0 aromatic heterocycles. The summed E-state index contributed by atoms with van der Waals surface area (Å²) in [5, 5.41) is 19.7. The van der Waals surface area contributed by atoms with Crippen molar-refractivity contribution in [3.8, 4) is 11.5 Å². The van der Waals surface area contributed by atoms with E-state index in [2.05, 4.69) is 91.7 Å². The van der Waals surface area contributed by atoms with E-state index in [-0.39, 0.29) is 0 Å². The second-order valence-corrected chi connectivity index (χ2v) is 13.8. The second kappa shape index (κ2) is 19.5. The third-order valence-corrected chi connectivity index (χ3v) is 9.80. The Kier molecular flexibility index (Phi) is 15.5. The highest BCUT2D eigenvalue weighted by molar-refractivity contribution is 5.26. The van der Waals surface area contributed by atoms with E-state index in [0.29, 0.717) is 11.5 Å². The van der Waals surface area contributed by atoms with Crippen molar-refractivity contribution in [1.82, 2.24) is 39.2 Å². The number of rotatable bonds is 4. The van der Waals surface area contributed by atoms with Crippen LogP contribution in [0.25, 0.3) is 0 Å². The summed E-state index contributed by atoms with van der Waals surface area (Å²) in [7, 11) is 9.09. The lowest BCUT2D eigenvalue weighted by atomic mass is 10.2. The molecule has 2 bridgehead atoms. The van der Waals surface area contributed by atoms with Crippen molar-refractivity contribution in [2.45, 2.75) is 13.1 Å². The van der Waals surface area contributed by atoms with Crippen molar-refractivity contribution in [3.63, 3.8) is 0 Å². The smallest absolute Gasteiger partial charge is 0.115 e. The molecular weight excluding hydrogens is 576 g/mol. The minimum atomic E-state index is 0.329. The Morgan fingerprint density at radius 2 is 0.609 bits per heavy atom. The molecule has 10 heteroatoms. The van der Waals surface area contributed by atoms with Gasteiger partial charge in [0.1, 0.15) is 11.5 Å². The van der Waals surface area contributed by atoms with E-state index in [1.54, 1.807) is 0 Å². The zero-order valence-electron chi connectivity index (χ0n) is 29.2. The zero-order chi connectivity index (χ0) is 32.7. The van der Waals surface area contributed by atoms with E-state index in [1.807, 2.05) is 24.3 Å². The van der Waals surface area contributed by atoms with Crippen LogP contribution in [0.2, 0.25) is 0 Å². The number of aromatic hydroxyl groups is 2. The molecule has 3 saturated heterocycles. The Bertz CT molecular complexity index is 1020. The first-order valence-electron chi connectivity index (χ1n) is 17.4. The maximum absolute atomic E-state index is 9.83. The first-order chi connectivity index (χ1) is 22.2. The average molecular weight is 639 g/mol. The van der Waals surface area contributed by atoms with Crippen molar-refractivity contribution >= 4 is 0 Å². The summed E-state index contributed by atoms with van der Waals surface area (Å²) >= 11 is 0. The molecule has 2 atom stereocenters. The summed E-state index contributed by atoms with van der Waals surface area (Å²) in [4.78, 5) is 20.5. The molecular formula is C36H62N8O2. The molecule has 3 aliphatic rings. The highest BCUT2D eigenvalue weighted by Gasteiger charge is 2.17. The van der Waals surface area contributed by atoms with Gasteiger partial charge in [-0.3, -0.25) is 19.6 Å². The Balaban J connectivity index is 1.53. The van der Waals surface area contributed by atoms with Gasteiger partial charge in [0.15, 0.2) is 0 Å². The molecule has 2 N–H and O–H groups in total. The lowest BCUT2D eigenvalue weighted by Crippen LogP contribution is -2.47. The standard InChI is InChI=1S/C36H62N8O2/c1-37-13-14-38(2)16-22-42-24-18-40(4)20-25-43(31-33-5-9-35(45)10-6-33)29-27-41(21-15-37)23-17-39(3)19-26-44(30-28-42)32-34-7-11-36(46)12-8-34/h5-12,45-46H,13-32H2,1-4H3. The normalized spacial score (nSPS) is 25.0. The highest BCUT2D eigenvalue weighted by Crippen LogP contribution is 2.14. The lowest BCUT2D eigenvalue weighted by molar-refractivity contribution is 0.127. The summed E-state index contributed by atoms with van der Waals surface area (Å²) in [5.74, 6) is 0.657. The van der Waals surface area contributed by atoms with Gasteiger partial charge >= 0.3 is 0 Å². The molecule has 5 rings (SSSR count). The SMILES string of the molecule is CN1CCN(C)CCN2CCN(C)CCN(Cc3ccc(O)cc3)CCN(CC1)CCN(C)CCN(Cc1ccc(O)cc1)CC2. The molecule has 3 heterocycles. The van der Waals surface area contributed by atoms with Crippen molar-refractivity contribution in [3.05, 3.63) is 59.7 Å². The van der Waals surface area contributed by atoms with E-state index in [1.165, 1.54) is 11.1 Å². The fourth-order valence-corrected chi connectivity index (χ4v) is 6.16. The molecule has 258 valence electrons. The minimum Gasteiger partial charge on any atom is -0.508 e. The van der Waals surface area contributed by atoms with E-state index in [4.69, 9.17) is 0 Å². The van der Waals surface area contributed by atoms with Crippen molar-refractivity contribution in [1.29, 1.82) is 0 Å². The number of fused-ring (bicyclic) bond motifs is 21. The monoisotopic (exact) mass is 638 g/mol. The van der Waals surface area contributed by atoms with Gasteiger partial charge in [0.05, 0.1) is 0 Å². The van der Waals surface area contributed by atoms with Crippen LogP contribution in [-0.4, -0.2) is 195 Å². The number of nitrogens with zero attached hydrogens (tertiary/aromatic N) is 8. The molecule has 0 saturated carbocycles. The molecule has 10 nitrogen and oxygen atoms in total. The molecule has 0 radical (unpaired) electrons. The average Bonchev–Trinajstić information content (AvgIpc) is 3.04. The van der Waals surface area contributed by atoms with Crippen LogP contribution in [0.5, 0.6) is 11.5 Å². The van der Waals surface area contributed by atoms with Crippen molar-refractivity contribution < 1.29 is 10.2 Å². The first-order valence-corrected chi connectivity index (χ1v) is 17.4. The molecule has 0 amide bonds. The van der Waals surface area contributed by atoms with Crippen LogP contribution in [0.4, 0.5) is 0 Å². The number of likely N-dealkylation sites (N-methyl/N-ethyl adjacent to an activating group) is 4. The van der Waals surface area contributed by atoms with E-state index in [0.717, 1.165) is 131 Å². The summed E-state index contributed by atoms with van der Waals surface area (Å²) in [6.45, 7) is 20.7. The van der Waals surface area contributed by atoms with Gasteiger partial charge in [-0.2, -0.15) is 0 Å². The predicted octanol–water partition coefficient (Wildman–Crippen LogP) is 1.76. The molecule has 3 fully saturated rings. The highest BCUT2D eigenvalue weighted by atomic mass is 16.3. The fourth-order valence-electron chi connectivity index (χ4n) is 6.16. The molecule has 2 aromatic rings. The van der Waals surface area contributed by atoms with Crippen LogP contribution in [0.3, 0.4) is 0 Å². The topological polar surface area (TPSA) is 66.4 Å². The zero-order valence-corrected chi connectivity index (χ0v) is 29.2. The first kappa shape index (κ1) is 36.6. The Morgan fingerprint density at radius 3 is 0.935 bits per heavy atom. The third-order valence-electron chi connectivity index (χ3n) is 9.80. The molecule has 0 spiro atoms. The fraction of sp³-hybridized carbons (Fsp3) is 0.667. The number of phenols is 2. The summed E-state index contributed by atoms with van der Waals surface area (Å²) in [5.41, 5.74) is 2.51. The third kappa shape index (κ3) is 13.8. The van der Waals surface area contributed by atoms with E-state index in [9.17, 15) is 10.2 Å². The van der Waals surface area contributed by atoms with Crippen LogP contribution in [0.1, 0.15) is 11.1 Å². The summed E-state index contributed by atoms with van der Waals surface area (Å²) < 4.78 is 0. The van der Waals surface area contributed by atoms with E-state index >= 15 is 0 Å². The van der Waals surface area contributed by atoms with Crippen molar-refractivity contribution in [2.24, 2.45) is 0 Å². The van der Waals surface area contributed by atoms with Crippen LogP contribution in [0.15, 0.2) is 48.5 Å². The molecule has 3 aliphatic heterocycles. The van der Waals surface area contributed by atoms with Gasteiger partial charge in [0.2, 0.25) is 0 Å². The van der Waals surface area contributed by atoms with Crippen molar-refractivity contribution in [2.75, 3.05) is 146 Å². The molecule has 2 aromatic carbocycles. The van der Waals surface area contributed by atoms with Crippen LogP contribution >= 0.6 is 0 Å². The summed E-state index contributed by atoms with van der Waals surface area (Å²) in [6.07, 6.45) is 0. The maximum Gasteiger partial charge on any atom is 0.115 e. The van der Waals surface area contributed by atoms with Gasteiger partial charge in [0.25, 0.3) is 0 Å². The second-order valence-electron chi connectivity index (χ2n) is 13.8. The Morgan fingerprint density at radius 1 is 0.370 bits per heavy atom. The van der Waals surface area contributed by atoms with E-state index < -0.39 is 0 Å². The largest absolute Gasteiger partial charge is 0.508 e. The number of benzene rings is 2. The Labute approximate surface area is 279 Å². The maximum atomic E-state index is 9.83. The summed E-state index contributed by atoms with van der Waals surface area (Å²) in [6, 6.07) is 15.5. The molecule has 2 unspecified atom stereocenters. The number of hydrogen-bond acceptors (Lipinski definition) is 10. The minimum absolute atomic E-state index is 0.329. The van der Waals surface area contributed by atoms with Gasteiger partial charge in [-0.25, -0.2) is 0 Å². The number of hydrogen-bond donors (Lipinski definition) is 2. The van der Waals surface area contributed by atoms with Crippen LogP contribution in [-0.2, 0) is 13.1 Å². The van der Waals surface area contributed by atoms with Crippen LogP contribution in [0, 0.1) is 0 Å². The molecule has 0 aliphatic carbocycles.